The van der Waals surface area contributed by atoms with Crippen LogP contribution in [0.25, 0.3) is 0 Å². The van der Waals surface area contributed by atoms with Crippen molar-refractivity contribution in [3.05, 3.63) is 0 Å². The zero-order valence-electron chi connectivity index (χ0n) is 11.2. The molecule has 1 spiro atoms. The van der Waals surface area contributed by atoms with Crippen molar-refractivity contribution in [2.24, 2.45) is 33.4 Å². The van der Waals surface area contributed by atoms with Crippen molar-refractivity contribution in [2.45, 2.75) is 32.8 Å². The molecule has 19 heavy (non-hydrogen) atoms. The molecule has 5 atom stereocenters. The van der Waals surface area contributed by atoms with Gasteiger partial charge in [-0.05, 0) is 12.8 Å². The maximum absolute atomic E-state index is 9.72. The van der Waals surface area contributed by atoms with E-state index in [9.17, 15) is 10.5 Å². The molecule has 3 rings (SSSR count). The Balaban J connectivity index is 2.19. The molecular weight excluding hydrogens is 244 g/mol. The third-order valence-electron chi connectivity index (χ3n) is 4.54. The maximum Gasteiger partial charge on any atom is 0.293 e. The molecule has 1 saturated carbocycles. The van der Waals surface area contributed by atoms with Crippen molar-refractivity contribution < 1.29 is 9.47 Å². The van der Waals surface area contributed by atoms with E-state index in [-0.39, 0.29) is 23.8 Å². The van der Waals surface area contributed by atoms with Gasteiger partial charge in [0.15, 0.2) is 5.41 Å². The van der Waals surface area contributed by atoms with Gasteiger partial charge < -0.3 is 15.2 Å². The molecule has 3 aliphatic rings. The fourth-order valence-electron chi connectivity index (χ4n) is 3.93. The molecule has 0 amide bonds. The molecule has 2 N–H and O–H groups in total. The number of hydrogen-bond donors (Lipinski definition) is 1. The number of nitrogens with zero attached hydrogens (tertiary/aromatic N) is 3. The fraction of sp³-hybridized carbons (Fsp3) is 0.769. The number of aliphatic imine (C=N–C) groups is 1. The fourth-order valence-corrected chi connectivity index (χ4v) is 3.93. The van der Waals surface area contributed by atoms with Crippen molar-refractivity contribution in [1.82, 2.24) is 0 Å². The van der Waals surface area contributed by atoms with Crippen molar-refractivity contribution in [3.63, 3.8) is 0 Å². The Hall–Kier alpha value is -1.63. The average Bonchev–Trinajstić information content (AvgIpc) is 2.77. The molecule has 2 aliphatic heterocycles. The molecule has 0 aromatic heterocycles. The van der Waals surface area contributed by atoms with Crippen LogP contribution in [0.15, 0.2) is 4.99 Å². The van der Waals surface area contributed by atoms with Gasteiger partial charge in [0.25, 0.3) is 5.91 Å². The molecule has 2 fully saturated rings. The van der Waals surface area contributed by atoms with Gasteiger partial charge in [-0.3, -0.25) is 0 Å². The van der Waals surface area contributed by atoms with Gasteiger partial charge in [-0.15, -0.1) is 0 Å². The Labute approximate surface area is 111 Å². The van der Waals surface area contributed by atoms with E-state index in [0.717, 1.165) is 0 Å². The van der Waals surface area contributed by atoms with E-state index in [2.05, 4.69) is 17.1 Å². The SMILES string of the molecule is CC(C)[C@H]1[C@@]2(C#N)[C@@]3(N=C(N)[C@@]12C#N)OC[C@H](C)O3. The lowest BCUT2D eigenvalue weighted by molar-refractivity contribution is -0.196. The van der Waals surface area contributed by atoms with Gasteiger partial charge in [0.2, 0.25) is 0 Å². The molecule has 0 radical (unpaired) electrons. The highest BCUT2D eigenvalue weighted by molar-refractivity contribution is 5.98. The zero-order valence-corrected chi connectivity index (χ0v) is 11.2. The van der Waals surface area contributed by atoms with Gasteiger partial charge >= 0.3 is 0 Å². The topological polar surface area (TPSA) is 104 Å². The van der Waals surface area contributed by atoms with Gasteiger partial charge in [-0.2, -0.15) is 10.5 Å². The van der Waals surface area contributed by atoms with E-state index in [1.807, 2.05) is 20.8 Å². The molecule has 0 aromatic carbocycles. The summed E-state index contributed by atoms with van der Waals surface area (Å²) < 4.78 is 11.4. The number of rotatable bonds is 1. The standard InChI is InChI=1S/C13H16N4O2/c1-7(2)9-11(5-14)10(16)17-13(12(9,11)6-15)18-4-8(3)19-13/h7-9H,4H2,1-3H3,(H2,16,17)/t8-,9+,11+,12+,13+/m0/s1. The summed E-state index contributed by atoms with van der Waals surface area (Å²) in [5.74, 6) is -1.31. The highest BCUT2D eigenvalue weighted by atomic mass is 16.8. The van der Waals surface area contributed by atoms with E-state index >= 15 is 0 Å². The Bertz CT molecular complexity index is 560. The summed E-state index contributed by atoms with van der Waals surface area (Å²) in [7, 11) is 0. The first-order valence-corrected chi connectivity index (χ1v) is 6.42. The second kappa shape index (κ2) is 3.27. The van der Waals surface area contributed by atoms with E-state index in [1.165, 1.54) is 0 Å². The molecular formula is C13H16N4O2. The molecule has 6 nitrogen and oxygen atoms in total. The monoisotopic (exact) mass is 260 g/mol. The van der Waals surface area contributed by atoms with Crippen molar-refractivity contribution in [2.75, 3.05) is 6.61 Å². The van der Waals surface area contributed by atoms with Crippen molar-refractivity contribution in [1.29, 1.82) is 10.5 Å². The van der Waals surface area contributed by atoms with Crippen molar-refractivity contribution >= 4 is 5.84 Å². The number of hydrogen-bond acceptors (Lipinski definition) is 6. The van der Waals surface area contributed by atoms with Crippen LogP contribution in [-0.2, 0) is 9.47 Å². The number of nitriles is 2. The van der Waals surface area contributed by atoms with Crippen molar-refractivity contribution in [3.8, 4) is 12.1 Å². The van der Waals surface area contributed by atoms with Crippen LogP contribution in [0.1, 0.15) is 20.8 Å². The number of ether oxygens (including phenoxy) is 2. The molecule has 6 heteroatoms. The summed E-state index contributed by atoms with van der Waals surface area (Å²) in [6.45, 7) is 6.15. The Morgan fingerprint density at radius 3 is 2.47 bits per heavy atom. The van der Waals surface area contributed by atoms with E-state index < -0.39 is 16.7 Å². The van der Waals surface area contributed by atoms with Gasteiger partial charge in [-0.25, -0.2) is 4.99 Å². The normalized spacial score (nSPS) is 50.7. The van der Waals surface area contributed by atoms with Gasteiger partial charge in [0, 0.05) is 5.92 Å². The Kier molecular flexibility index (Phi) is 2.14. The van der Waals surface area contributed by atoms with Crippen LogP contribution in [-0.4, -0.2) is 24.5 Å². The summed E-state index contributed by atoms with van der Waals surface area (Å²) in [5.41, 5.74) is 3.79. The Morgan fingerprint density at radius 2 is 2.11 bits per heavy atom. The molecule has 1 saturated heterocycles. The Morgan fingerprint density at radius 1 is 1.42 bits per heavy atom. The lowest BCUT2D eigenvalue weighted by atomic mass is 9.93. The number of fused-ring (bicyclic) bond motifs is 2. The first kappa shape index (κ1) is 12.4. The first-order chi connectivity index (χ1) is 8.92. The molecule has 0 bridgehead atoms. The van der Waals surface area contributed by atoms with Gasteiger partial charge in [0.1, 0.15) is 11.3 Å². The summed E-state index contributed by atoms with van der Waals surface area (Å²) >= 11 is 0. The van der Waals surface area contributed by atoms with Crippen LogP contribution in [0.5, 0.6) is 0 Å². The predicted octanol–water partition coefficient (Wildman–Crippen LogP) is 0.752. The molecule has 1 aliphatic carbocycles. The number of nitrogens with two attached hydrogens (primary N) is 1. The summed E-state index contributed by atoms with van der Waals surface area (Å²) in [6.07, 6.45) is -0.162. The quantitative estimate of drug-likeness (QED) is 0.749. The predicted molar refractivity (Wildman–Crippen MR) is 65.3 cm³/mol. The van der Waals surface area contributed by atoms with E-state index in [1.54, 1.807) is 0 Å². The smallest absolute Gasteiger partial charge is 0.293 e. The average molecular weight is 260 g/mol. The second-order valence-electron chi connectivity index (χ2n) is 5.88. The highest BCUT2D eigenvalue weighted by Crippen LogP contribution is 2.80. The van der Waals surface area contributed by atoms with Crippen LogP contribution >= 0.6 is 0 Å². The summed E-state index contributed by atoms with van der Waals surface area (Å²) in [5, 5.41) is 19.3. The van der Waals surface area contributed by atoms with Crippen LogP contribution < -0.4 is 5.73 Å². The summed E-state index contributed by atoms with van der Waals surface area (Å²) in [6, 6.07) is 4.47. The number of amidine groups is 1. The molecule has 0 aromatic rings. The highest BCUT2D eigenvalue weighted by Gasteiger charge is 2.94. The largest absolute Gasteiger partial charge is 0.386 e. The summed E-state index contributed by atoms with van der Waals surface area (Å²) in [4.78, 5) is 4.22. The second-order valence-corrected chi connectivity index (χ2v) is 5.88. The lowest BCUT2D eigenvalue weighted by Crippen LogP contribution is -2.40. The lowest BCUT2D eigenvalue weighted by Gasteiger charge is -2.27. The van der Waals surface area contributed by atoms with Crippen LogP contribution in [0.2, 0.25) is 0 Å². The van der Waals surface area contributed by atoms with Crippen LogP contribution in [0, 0.1) is 45.3 Å². The maximum atomic E-state index is 9.72. The van der Waals surface area contributed by atoms with E-state index in [0.29, 0.717) is 6.61 Å². The first-order valence-electron chi connectivity index (χ1n) is 6.42. The minimum absolute atomic E-state index is 0.119. The van der Waals surface area contributed by atoms with E-state index in [4.69, 9.17) is 15.2 Å². The van der Waals surface area contributed by atoms with Gasteiger partial charge in [0.05, 0.1) is 24.8 Å². The van der Waals surface area contributed by atoms with Crippen LogP contribution in [0.4, 0.5) is 0 Å². The van der Waals surface area contributed by atoms with Gasteiger partial charge in [-0.1, -0.05) is 13.8 Å². The van der Waals surface area contributed by atoms with Crippen LogP contribution in [0.3, 0.4) is 0 Å². The molecule has 0 unspecified atom stereocenters. The molecule has 2 heterocycles. The third-order valence-corrected chi connectivity index (χ3v) is 4.54. The third kappa shape index (κ3) is 0.992. The minimum atomic E-state index is -1.39. The molecule has 100 valence electrons. The minimum Gasteiger partial charge on any atom is -0.386 e. The zero-order chi connectivity index (χ0) is 14.1.